The van der Waals surface area contributed by atoms with E-state index in [1.807, 2.05) is 48.5 Å². The Morgan fingerprint density at radius 1 is 0.978 bits per heavy atom. The first-order chi connectivity index (χ1) is 22.3. The molecule has 0 bridgehead atoms. The number of aromatic nitrogens is 1. The Hall–Kier alpha value is -4.24. The third-order valence-electron chi connectivity index (χ3n) is 7.94. The zero-order chi connectivity index (χ0) is 32.1. The van der Waals surface area contributed by atoms with Crippen LogP contribution in [0.2, 0.25) is 0 Å². The van der Waals surface area contributed by atoms with Crippen molar-refractivity contribution in [2.24, 2.45) is 5.92 Å². The van der Waals surface area contributed by atoms with Gasteiger partial charge in [0.05, 0.1) is 16.8 Å². The highest BCUT2D eigenvalue weighted by Crippen LogP contribution is 2.44. The van der Waals surface area contributed by atoms with Gasteiger partial charge < -0.3 is 19.0 Å². The van der Waals surface area contributed by atoms with Crippen LogP contribution in [-0.4, -0.2) is 29.5 Å². The average Bonchev–Trinajstić information content (AvgIpc) is 3.74. The first-order valence-electron chi connectivity index (χ1n) is 15.5. The van der Waals surface area contributed by atoms with Crippen molar-refractivity contribution in [1.82, 2.24) is 10.1 Å². The quantitative estimate of drug-likeness (QED) is 0.108. The van der Waals surface area contributed by atoms with Crippen molar-refractivity contribution in [1.29, 1.82) is 0 Å². The smallest absolute Gasteiger partial charge is 0.382 e. The van der Waals surface area contributed by atoms with E-state index in [2.05, 4.69) is 10.4 Å². The second-order valence-electron chi connectivity index (χ2n) is 11.3. The van der Waals surface area contributed by atoms with E-state index in [9.17, 15) is 14.2 Å². The highest BCUT2D eigenvalue weighted by atomic mass is 32.1. The number of amides is 1. The number of carbonyl (C=O) groups excluding carboxylic acids is 2. The maximum Gasteiger partial charge on any atom is 0.382 e. The van der Waals surface area contributed by atoms with Gasteiger partial charge in [-0.15, -0.1) is 0 Å². The number of rotatable bonds is 11. The summed E-state index contributed by atoms with van der Waals surface area (Å²) in [6.45, 7) is 3.47. The summed E-state index contributed by atoms with van der Waals surface area (Å²) in [6, 6.07) is 24.9. The molecule has 2 N–H and O–H groups in total. The highest BCUT2D eigenvalue weighted by Gasteiger charge is 2.36. The van der Waals surface area contributed by atoms with Gasteiger partial charge >= 0.3 is 13.5 Å². The van der Waals surface area contributed by atoms with Crippen LogP contribution in [0.1, 0.15) is 46.0 Å². The number of furan rings is 1. The Morgan fingerprint density at radius 2 is 1.74 bits per heavy atom. The van der Waals surface area contributed by atoms with Crippen molar-refractivity contribution >= 4 is 51.6 Å². The largest absolute Gasteiger partial charge is 0.465 e. The van der Waals surface area contributed by atoms with Gasteiger partial charge in [0.1, 0.15) is 17.6 Å². The Kier molecular flexibility index (Phi) is 9.68. The molecule has 0 radical (unpaired) electrons. The van der Waals surface area contributed by atoms with Crippen LogP contribution in [0.5, 0.6) is 5.75 Å². The Balaban J connectivity index is 1.28. The van der Waals surface area contributed by atoms with Gasteiger partial charge in [-0.25, -0.2) is 10.1 Å². The van der Waals surface area contributed by atoms with Crippen LogP contribution in [0.25, 0.3) is 32.7 Å². The van der Waals surface area contributed by atoms with E-state index in [0.717, 1.165) is 52.6 Å². The number of carbonyl (C=O) groups is 2. The van der Waals surface area contributed by atoms with E-state index < -0.39 is 19.5 Å². The van der Waals surface area contributed by atoms with Crippen molar-refractivity contribution in [2.45, 2.75) is 52.0 Å². The van der Waals surface area contributed by atoms with E-state index in [1.165, 1.54) is 17.8 Å². The standard InChI is InChI=1S/C35H36N3O6PS/c1-3-42-34(40)23(2)38-45(41,44-27-16-8-5-9-17-27)31-21-20-30(43-31)26-15-10-14-25(22-26)28-18-11-19-29-32(28)46-35(36-29)37-33(39)24-12-6-4-7-13-24/h5,8-11,14-24H,3-4,6-7,12-13H2,1-2H3,(H,38,41)(H,36,37,39)/t23-,45?/m0/s1. The summed E-state index contributed by atoms with van der Waals surface area (Å²) in [5.74, 6) is 0.396. The topological polar surface area (TPSA) is 120 Å². The van der Waals surface area contributed by atoms with Gasteiger partial charge in [-0.05, 0) is 68.7 Å². The molecule has 46 heavy (non-hydrogen) atoms. The van der Waals surface area contributed by atoms with Crippen molar-refractivity contribution in [2.75, 3.05) is 11.9 Å². The van der Waals surface area contributed by atoms with Crippen LogP contribution in [0.3, 0.4) is 0 Å². The summed E-state index contributed by atoms with van der Waals surface area (Å²) in [7, 11) is -3.91. The van der Waals surface area contributed by atoms with E-state index >= 15 is 0 Å². The van der Waals surface area contributed by atoms with Crippen molar-refractivity contribution < 1.29 is 27.8 Å². The third-order valence-corrected chi connectivity index (χ3v) is 11.0. The monoisotopic (exact) mass is 657 g/mol. The molecule has 0 aliphatic heterocycles. The minimum absolute atomic E-state index is 0.0482. The lowest BCUT2D eigenvalue weighted by Gasteiger charge is -2.21. The second kappa shape index (κ2) is 14.0. The Morgan fingerprint density at radius 3 is 2.52 bits per heavy atom. The molecule has 1 unspecified atom stereocenters. The predicted octanol–water partition coefficient (Wildman–Crippen LogP) is 8.18. The molecule has 3 aromatic carbocycles. The summed E-state index contributed by atoms with van der Waals surface area (Å²) >= 11 is 1.47. The van der Waals surface area contributed by atoms with Crippen LogP contribution in [0.4, 0.5) is 5.13 Å². The van der Waals surface area contributed by atoms with Crippen LogP contribution in [0, 0.1) is 5.92 Å². The molecule has 1 aliphatic carbocycles. The zero-order valence-electron chi connectivity index (χ0n) is 25.7. The van der Waals surface area contributed by atoms with Gasteiger partial charge in [0.25, 0.3) is 0 Å². The number of anilines is 1. The van der Waals surface area contributed by atoms with Crippen molar-refractivity contribution in [3.05, 3.63) is 84.9 Å². The molecule has 1 amide bonds. The number of fused-ring (bicyclic) bond motifs is 1. The molecule has 1 fully saturated rings. The molecular weight excluding hydrogens is 621 g/mol. The van der Waals surface area contributed by atoms with Gasteiger partial charge in [0.15, 0.2) is 5.13 Å². The minimum Gasteiger partial charge on any atom is -0.465 e. The van der Waals surface area contributed by atoms with Gasteiger partial charge in [-0.3, -0.25) is 14.2 Å². The molecule has 0 spiro atoms. The van der Waals surface area contributed by atoms with Crippen LogP contribution >= 0.6 is 18.9 Å². The van der Waals surface area contributed by atoms with E-state index in [4.69, 9.17) is 18.7 Å². The fraction of sp³-hybridized carbons (Fsp3) is 0.286. The van der Waals surface area contributed by atoms with E-state index in [1.54, 1.807) is 50.2 Å². The molecule has 1 aliphatic rings. The third kappa shape index (κ3) is 7.09. The first kappa shape index (κ1) is 31.7. The highest BCUT2D eigenvalue weighted by molar-refractivity contribution is 7.65. The molecular formula is C35H36N3O6PS. The van der Waals surface area contributed by atoms with Gasteiger partial charge in [0.2, 0.25) is 11.4 Å². The molecule has 11 heteroatoms. The molecule has 9 nitrogen and oxygen atoms in total. The number of para-hydroxylation sites is 1. The number of nitrogens with one attached hydrogen (secondary N) is 2. The number of thiazole rings is 1. The predicted molar refractivity (Wildman–Crippen MR) is 182 cm³/mol. The number of hydrogen-bond acceptors (Lipinski definition) is 8. The molecule has 2 atom stereocenters. The van der Waals surface area contributed by atoms with Crippen LogP contribution in [-0.2, 0) is 18.9 Å². The summed E-state index contributed by atoms with van der Waals surface area (Å²) < 4.78 is 32.5. The van der Waals surface area contributed by atoms with Crippen molar-refractivity contribution in [3.8, 4) is 28.2 Å². The number of hydrogen-bond donors (Lipinski definition) is 2. The van der Waals surface area contributed by atoms with E-state index in [0.29, 0.717) is 16.6 Å². The number of benzene rings is 3. The first-order valence-corrected chi connectivity index (χ1v) is 18.0. The van der Waals surface area contributed by atoms with Gasteiger partial charge in [-0.1, -0.05) is 79.1 Å². The fourth-order valence-electron chi connectivity index (χ4n) is 5.62. The Labute approximate surface area is 271 Å². The number of esters is 1. The van der Waals surface area contributed by atoms with Crippen LogP contribution in [0.15, 0.2) is 89.3 Å². The van der Waals surface area contributed by atoms with Crippen molar-refractivity contribution in [3.63, 3.8) is 0 Å². The maximum atomic E-state index is 14.3. The number of ether oxygens (including phenoxy) is 1. The van der Waals surface area contributed by atoms with E-state index in [-0.39, 0.29) is 23.9 Å². The van der Waals surface area contributed by atoms with Crippen LogP contribution < -0.4 is 20.4 Å². The lowest BCUT2D eigenvalue weighted by Crippen LogP contribution is -2.37. The van der Waals surface area contributed by atoms with Gasteiger partial charge in [-0.2, -0.15) is 0 Å². The second-order valence-corrected chi connectivity index (χ2v) is 14.3. The molecule has 0 saturated heterocycles. The number of nitrogens with zero attached hydrogens (tertiary/aromatic N) is 1. The summed E-state index contributed by atoms with van der Waals surface area (Å²) in [5, 5.41) is 6.49. The Bertz CT molecular complexity index is 1880. The average molecular weight is 658 g/mol. The zero-order valence-corrected chi connectivity index (χ0v) is 27.4. The lowest BCUT2D eigenvalue weighted by atomic mass is 9.89. The fourth-order valence-corrected chi connectivity index (χ4v) is 8.42. The maximum absolute atomic E-state index is 14.3. The minimum atomic E-state index is -3.91. The molecule has 2 heterocycles. The summed E-state index contributed by atoms with van der Waals surface area (Å²) in [5.41, 5.74) is 3.56. The SMILES string of the molecule is CCOC(=O)[C@H](C)NP(=O)(Oc1ccccc1)c1ccc(-c2cccc(-c3cccc4nc(NC(=O)C5CCCCC5)sc34)c2)o1. The lowest BCUT2D eigenvalue weighted by molar-refractivity contribution is -0.144. The molecule has 1 saturated carbocycles. The molecule has 5 aromatic rings. The van der Waals surface area contributed by atoms with Gasteiger partial charge in [0, 0.05) is 17.0 Å². The normalized spacial score (nSPS) is 15.6. The molecule has 6 rings (SSSR count). The molecule has 2 aromatic heterocycles. The summed E-state index contributed by atoms with van der Waals surface area (Å²) in [6.07, 6.45) is 5.24. The molecule has 238 valence electrons. The summed E-state index contributed by atoms with van der Waals surface area (Å²) in [4.78, 5) is 30.0.